The van der Waals surface area contributed by atoms with Gasteiger partial charge in [0.2, 0.25) is 0 Å². The smallest absolute Gasteiger partial charge is 0.253 e. The lowest BCUT2D eigenvalue weighted by molar-refractivity contribution is 0.0858. The van der Waals surface area contributed by atoms with Crippen molar-refractivity contribution in [1.29, 1.82) is 0 Å². The van der Waals surface area contributed by atoms with E-state index < -0.39 is 0 Å². The summed E-state index contributed by atoms with van der Waals surface area (Å²) >= 11 is 11.2. The first-order valence-corrected chi connectivity index (χ1v) is 9.23. The van der Waals surface area contributed by atoms with Crippen LogP contribution >= 0.6 is 23.8 Å². The third-order valence-electron chi connectivity index (χ3n) is 4.04. The molecule has 3 rings (SSSR count). The highest BCUT2D eigenvalue weighted by Gasteiger charge is 2.18. The van der Waals surface area contributed by atoms with E-state index in [0.29, 0.717) is 27.9 Å². The SMILES string of the molecule is O=C(NCC1CCCO1)c1ccccc1NC(=S)Nc1ccc(Cl)cc1. The van der Waals surface area contributed by atoms with Crippen LogP contribution in [0.2, 0.25) is 5.02 Å². The number of nitrogens with one attached hydrogen (secondary N) is 3. The molecule has 0 radical (unpaired) electrons. The molecule has 1 unspecified atom stereocenters. The van der Waals surface area contributed by atoms with Gasteiger partial charge in [0.25, 0.3) is 5.91 Å². The number of para-hydroxylation sites is 1. The first-order chi connectivity index (χ1) is 12.6. The second kappa shape index (κ2) is 8.98. The van der Waals surface area contributed by atoms with Gasteiger partial charge in [0.15, 0.2) is 5.11 Å². The number of halogens is 1. The van der Waals surface area contributed by atoms with Gasteiger partial charge in [0.1, 0.15) is 0 Å². The highest BCUT2D eigenvalue weighted by molar-refractivity contribution is 7.80. The molecular formula is C19H20ClN3O2S. The van der Waals surface area contributed by atoms with Gasteiger partial charge in [-0.2, -0.15) is 0 Å². The fraction of sp³-hybridized carbons (Fsp3) is 0.263. The Morgan fingerprint density at radius 3 is 2.65 bits per heavy atom. The van der Waals surface area contributed by atoms with Gasteiger partial charge in [-0.3, -0.25) is 4.79 Å². The van der Waals surface area contributed by atoms with Crippen LogP contribution in [0.5, 0.6) is 0 Å². The van der Waals surface area contributed by atoms with Crippen LogP contribution in [-0.2, 0) is 4.74 Å². The van der Waals surface area contributed by atoms with Crippen molar-refractivity contribution >= 4 is 46.2 Å². The zero-order valence-corrected chi connectivity index (χ0v) is 15.7. The van der Waals surface area contributed by atoms with Crippen LogP contribution in [0, 0.1) is 0 Å². The van der Waals surface area contributed by atoms with Crippen LogP contribution in [-0.4, -0.2) is 30.3 Å². The maximum absolute atomic E-state index is 12.5. The largest absolute Gasteiger partial charge is 0.376 e. The standard InChI is InChI=1S/C19H20ClN3O2S/c20-13-7-9-14(10-8-13)22-19(26)23-17-6-2-1-5-16(17)18(24)21-12-15-4-3-11-25-15/h1-2,5-10,15H,3-4,11-12H2,(H,21,24)(H2,22,23,26). The van der Waals surface area contributed by atoms with Crippen molar-refractivity contribution in [2.75, 3.05) is 23.8 Å². The molecule has 0 saturated carbocycles. The van der Waals surface area contributed by atoms with Crippen LogP contribution in [0.4, 0.5) is 11.4 Å². The van der Waals surface area contributed by atoms with Gasteiger partial charge in [0, 0.05) is 23.9 Å². The zero-order chi connectivity index (χ0) is 18.4. The molecule has 2 aromatic carbocycles. The Balaban J connectivity index is 1.61. The lowest BCUT2D eigenvalue weighted by Crippen LogP contribution is -2.32. The lowest BCUT2D eigenvalue weighted by Gasteiger charge is -2.15. The van der Waals surface area contributed by atoms with E-state index in [1.165, 1.54) is 0 Å². The molecule has 1 aliphatic heterocycles. The first kappa shape index (κ1) is 18.6. The molecule has 0 bridgehead atoms. The minimum absolute atomic E-state index is 0.103. The van der Waals surface area contributed by atoms with Gasteiger partial charge in [-0.1, -0.05) is 23.7 Å². The van der Waals surface area contributed by atoms with Crippen LogP contribution in [0.25, 0.3) is 0 Å². The zero-order valence-electron chi connectivity index (χ0n) is 14.1. The summed E-state index contributed by atoms with van der Waals surface area (Å²) in [7, 11) is 0. The third kappa shape index (κ3) is 5.17. The Morgan fingerprint density at radius 2 is 1.92 bits per heavy atom. The Hall–Kier alpha value is -2.15. The molecule has 1 heterocycles. The number of rotatable bonds is 5. The number of carbonyl (C=O) groups is 1. The van der Waals surface area contributed by atoms with Crippen molar-refractivity contribution in [2.24, 2.45) is 0 Å². The summed E-state index contributed by atoms with van der Waals surface area (Å²) < 4.78 is 5.54. The Bertz CT molecular complexity index is 777. The summed E-state index contributed by atoms with van der Waals surface area (Å²) in [6, 6.07) is 14.5. The molecule has 1 amide bonds. The average molecular weight is 390 g/mol. The molecule has 1 atom stereocenters. The van der Waals surface area contributed by atoms with Gasteiger partial charge >= 0.3 is 0 Å². The van der Waals surface area contributed by atoms with E-state index in [1.807, 2.05) is 30.3 Å². The normalized spacial score (nSPS) is 16.1. The van der Waals surface area contributed by atoms with Crippen LogP contribution in [0.1, 0.15) is 23.2 Å². The molecule has 136 valence electrons. The van der Waals surface area contributed by atoms with Crippen molar-refractivity contribution in [3.63, 3.8) is 0 Å². The minimum atomic E-state index is -0.155. The second-order valence-corrected chi connectivity index (χ2v) is 6.82. The summed E-state index contributed by atoms with van der Waals surface area (Å²) in [6.45, 7) is 1.28. The number of amides is 1. The summed E-state index contributed by atoms with van der Waals surface area (Å²) in [4.78, 5) is 12.5. The van der Waals surface area contributed by atoms with Crippen molar-refractivity contribution in [1.82, 2.24) is 5.32 Å². The molecule has 3 N–H and O–H groups in total. The first-order valence-electron chi connectivity index (χ1n) is 8.44. The van der Waals surface area contributed by atoms with Crippen molar-refractivity contribution in [2.45, 2.75) is 18.9 Å². The average Bonchev–Trinajstić information content (AvgIpc) is 3.16. The fourth-order valence-electron chi connectivity index (χ4n) is 2.72. The molecule has 0 aromatic heterocycles. The van der Waals surface area contributed by atoms with Gasteiger partial charge < -0.3 is 20.7 Å². The molecule has 1 fully saturated rings. The summed E-state index contributed by atoms with van der Waals surface area (Å²) in [6.07, 6.45) is 2.13. The molecular weight excluding hydrogens is 370 g/mol. The van der Waals surface area contributed by atoms with Crippen molar-refractivity contribution in [3.8, 4) is 0 Å². The number of hydrogen-bond acceptors (Lipinski definition) is 3. The summed E-state index contributed by atoms with van der Waals surface area (Å²) in [5.41, 5.74) is 1.99. The molecule has 7 heteroatoms. The quantitative estimate of drug-likeness (QED) is 0.673. The highest BCUT2D eigenvalue weighted by Crippen LogP contribution is 2.18. The second-order valence-electron chi connectivity index (χ2n) is 5.98. The number of benzene rings is 2. The van der Waals surface area contributed by atoms with Gasteiger partial charge in [-0.05, 0) is 61.5 Å². The lowest BCUT2D eigenvalue weighted by atomic mass is 10.1. The van der Waals surface area contributed by atoms with E-state index in [9.17, 15) is 4.79 Å². The monoisotopic (exact) mass is 389 g/mol. The van der Waals surface area contributed by atoms with Crippen molar-refractivity contribution in [3.05, 3.63) is 59.1 Å². The van der Waals surface area contributed by atoms with Crippen LogP contribution < -0.4 is 16.0 Å². The number of carbonyl (C=O) groups excluding carboxylic acids is 1. The molecule has 26 heavy (non-hydrogen) atoms. The molecule has 1 aliphatic rings. The molecule has 1 saturated heterocycles. The number of thiocarbonyl (C=S) groups is 1. The van der Waals surface area contributed by atoms with Crippen LogP contribution in [0.3, 0.4) is 0 Å². The van der Waals surface area contributed by atoms with Crippen molar-refractivity contribution < 1.29 is 9.53 Å². The minimum Gasteiger partial charge on any atom is -0.376 e. The Kier molecular flexibility index (Phi) is 6.44. The third-order valence-corrected chi connectivity index (χ3v) is 4.49. The molecule has 2 aromatic rings. The predicted molar refractivity (Wildman–Crippen MR) is 109 cm³/mol. The van der Waals surface area contributed by atoms with E-state index in [4.69, 9.17) is 28.6 Å². The van der Waals surface area contributed by atoms with Gasteiger partial charge in [0.05, 0.1) is 17.4 Å². The Labute approximate surface area is 163 Å². The van der Waals surface area contributed by atoms with E-state index >= 15 is 0 Å². The molecule has 0 aliphatic carbocycles. The number of hydrogen-bond donors (Lipinski definition) is 3. The van der Waals surface area contributed by atoms with Crippen LogP contribution in [0.15, 0.2) is 48.5 Å². The summed E-state index contributed by atoms with van der Waals surface area (Å²) in [5, 5.41) is 10.1. The predicted octanol–water partition coefficient (Wildman–Crippen LogP) is 4.06. The molecule has 0 spiro atoms. The van der Waals surface area contributed by atoms with Gasteiger partial charge in [-0.25, -0.2) is 0 Å². The van der Waals surface area contributed by atoms with E-state index in [2.05, 4.69) is 16.0 Å². The number of anilines is 2. The summed E-state index contributed by atoms with van der Waals surface area (Å²) in [5.74, 6) is -0.155. The number of ether oxygens (including phenoxy) is 1. The maximum Gasteiger partial charge on any atom is 0.253 e. The van der Waals surface area contributed by atoms with Gasteiger partial charge in [-0.15, -0.1) is 0 Å². The maximum atomic E-state index is 12.5. The Morgan fingerprint density at radius 1 is 1.15 bits per heavy atom. The van der Waals surface area contributed by atoms with E-state index in [1.54, 1.807) is 18.2 Å². The molecule has 5 nitrogen and oxygen atoms in total. The fourth-order valence-corrected chi connectivity index (χ4v) is 3.07. The topological polar surface area (TPSA) is 62.4 Å². The highest BCUT2D eigenvalue weighted by atomic mass is 35.5. The van der Waals surface area contributed by atoms with E-state index in [0.717, 1.165) is 25.1 Å². The van der Waals surface area contributed by atoms with E-state index in [-0.39, 0.29) is 12.0 Å².